The molecule has 0 radical (unpaired) electrons. The number of unbranched alkanes of at least 4 members (excludes halogenated alkanes) is 26. The highest BCUT2D eigenvalue weighted by Crippen LogP contribution is 2.15. The average Bonchev–Trinajstić information content (AvgIpc) is 2.88. The van der Waals surface area contributed by atoms with Gasteiger partial charge in [0.15, 0.2) is 0 Å². The first kappa shape index (κ1) is 36.9. The van der Waals surface area contributed by atoms with Gasteiger partial charge in [0.1, 0.15) is 0 Å². The van der Waals surface area contributed by atoms with E-state index < -0.39 is 10.4 Å². The molecule has 5 heteroatoms. The fraction of sp³-hybridized carbons (Fsp3) is 1.00. The monoisotopic (exact) mass is 546 g/mol. The molecule has 4 nitrogen and oxygen atoms in total. The lowest BCUT2D eigenvalue weighted by molar-refractivity contribution is 0.208. The van der Waals surface area contributed by atoms with Gasteiger partial charge in [-0.05, 0) is 12.8 Å². The molecule has 0 heterocycles. The van der Waals surface area contributed by atoms with Crippen LogP contribution in [0.1, 0.15) is 194 Å². The van der Waals surface area contributed by atoms with Crippen molar-refractivity contribution in [2.24, 2.45) is 0 Å². The predicted molar refractivity (Wildman–Crippen MR) is 161 cm³/mol. The van der Waals surface area contributed by atoms with E-state index in [1.165, 1.54) is 154 Å². The van der Waals surface area contributed by atoms with E-state index >= 15 is 0 Å². The normalized spacial score (nSPS) is 11.9. The molecule has 0 aromatic heterocycles. The Morgan fingerprint density at radius 2 is 0.514 bits per heavy atom. The summed E-state index contributed by atoms with van der Waals surface area (Å²) in [4.78, 5) is 0. The molecule has 0 fully saturated rings. The van der Waals surface area contributed by atoms with Crippen molar-refractivity contribution in [2.45, 2.75) is 194 Å². The zero-order valence-corrected chi connectivity index (χ0v) is 26.1. The first-order valence-electron chi connectivity index (χ1n) is 16.7. The largest absolute Gasteiger partial charge is 0.399 e. The molecule has 0 N–H and O–H groups in total. The minimum atomic E-state index is -3.82. The smallest absolute Gasteiger partial charge is 0.248 e. The summed E-state index contributed by atoms with van der Waals surface area (Å²) in [5.41, 5.74) is 0. The molecule has 224 valence electrons. The van der Waals surface area contributed by atoms with Crippen molar-refractivity contribution in [3.63, 3.8) is 0 Å². The molecule has 0 rings (SSSR count). The lowest BCUT2D eigenvalue weighted by atomic mass is 10.0. The van der Waals surface area contributed by atoms with Crippen molar-refractivity contribution in [1.29, 1.82) is 0 Å². The minimum absolute atomic E-state index is 0.249. The number of hydrogen-bond donors (Lipinski definition) is 0. The van der Waals surface area contributed by atoms with Gasteiger partial charge < -0.3 is 0 Å². The van der Waals surface area contributed by atoms with Crippen molar-refractivity contribution in [3.8, 4) is 0 Å². The molecular weight excluding hydrogens is 480 g/mol. The van der Waals surface area contributed by atoms with Gasteiger partial charge >= 0.3 is 10.4 Å². The van der Waals surface area contributed by atoms with Crippen molar-refractivity contribution >= 4 is 10.4 Å². The van der Waals surface area contributed by atoms with Gasteiger partial charge in [0.2, 0.25) is 0 Å². The molecular formula is C32H66O4S. The molecule has 0 aliphatic carbocycles. The Labute approximate surface area is 233 Å². The van der Waals surface area contributed by atoms with Gasteiger partial charge in [-0.1, -0.05) is 181 Å². The molecule has 0 saturated carbocycles. The quantitative estimate of drug-likeness (QED) is 0.0787. The Bertz CT molecular complexity index is 521. The summed E-state index contributed by atoms with van der Waals surface area (Å²) < 4.78 is 33.7. The molecule has 0 aromatic carbocycles. The van der Waals surface area contributed by atoms with Crippen LogP contribution in [0.2, 0.25) is 0 Å². The Hall–Kier alpha value is -0.130. The third-order valence-electron chi connectivity index (χ3n) is 7.45. The van der Waals surface area contributed by atoms with Gasteiger partial charge in [-0.3, -0.25) is 0 Å². The molecule has 0 atom stereocenters. The van der Waals surface area contributed by atoms with E-state index in [4.69, 9.17) is 8.37 Å². The number of rotatable bonds is 32. The maximum atomic E-state index is 11.8. The average molecular weight is 547 g/mol. The van der Waals surface area contributed by atoms with Crippen molar-refractivity contribution < 1.29 is 16.8 Å². The fourth-order valence-electron chi connectivity index (χ4n) is 4.95. The van der Waals surface area contributed by atoms with Crippen LogP contribution in [0, 0.1) is 0 Å². The van der Waals surface area contributed by atoms with Crippen LogP contribution in [0.5, 0.6) is 0 Å². The van der Waals surface area contributed by atoms with Crippen LogP contribution < -0.4 is 0 Å². The highest BCUT2D eigenvalue weighted by atomic mass is 32.3. The highest BCUT2D eigenvalue weighted by molar-refractivity contribution is 7.81. The van der Waals surface area contributed by atoms with Crippen LogP contribution >= 0.6 is 0 Å². The summed E-state index contributed by atoms with van der Waals surface area (Å²) in [6.45, 7) is 5.03. The van der Waals surface area contributed by atoms with Gasteiger partial charge in [-0.15, -0.1) is 0 Å². The van der Waals surface area contributed by atoms with Gasteiger partial charge in [0.25, 0.3) is 0 Å². The van der Waals surface area contributed by atoms with E-state index in [9.17, 15) is 8.42 Å². The van der Waals surface area contributed by atoms with E-state index in [0.29, 0.717) is 0 Å². The van der Waals surface area contributed by atoms with Crippen LogP contribution in [-0.2, 0) is 18.8 Å². The SMILES string of the molecule is CCCCCCCCCCCCCCCCCCOS(=O)(=O)OCCCCCCCCCCCCCC. The zero-order valence-electron chi connectivity index (χ0n) is 25.3. The van der Waals surface area contributed by atoms with E-state index in [1.54, 1.807) is 0 Å². The second kappa shape index (κ2) is 30.4. The molecule has 0 bridgehead atoms. The second-order valence-corrected chi connectivity index (χ2v) is 12.5. The molecule has 0 spiro atoms. The van der Waals surface area contributed by atoms with E-state index in [0.717, 1.165) is 25.7 Å². The Morgan fingerprint density at radius 3 is 0.730 bits per heavy atom. The first-order chi connectivity index (χ1) is 18.1. The maximum Gasteiger partial charge on any atom is 0.399 e. The summed E-state index contributed by atoms with van der Waals surface area (Å²) in [7, 11) is -3.82. The van der Waals surface area contributed by atoms with Gasteiger partial charge in [-0.25, -0.2) is 8.37 Å². The maximum absolute atomic E-state index is 11.8. The lowest BCUT2D eigenvalue weighted by Gasteiger charge is -2.07. The summed E-state index contributed by atoms with van der Waals surface area (Å²) in [5, 5.41) is 0. The summed E-state index contributed by atoms with van der Waals surface area (Å²) >= 11 is 0. The van der Waals surface area contributed by atoms with E-state index in [-0.39, 0.29) is 13.2 Å². The Balaban J connectivity index is 3.28. The Morgan fingerprint density at radius 1 is 0.324 bits per heavy atom. The summed E-state index contributed by atoms with van der Waals surface area (Å²) in [5.74, 6) is 0. The van der Waals surface area contributed by atoms with Crippen molar-refractivity contribution in [3.05, 3.63) is 0 Å². The van der Waals surface area contributed by atoms with Gasteiger partial charge in [0.05, 0.1) is 13.2 Å². The fourth-order valence-corrected chi connectivity index (χ4v) is 5.66. The highest BCUT2D eigenvalue weighted by Gasteiger charge is 2.11. The van der Waals surface area contributed by atoms with Crippen LogP contribution in [0.3, 0.4) is 0 Å². The zero-order chi connectivity index (χ0) is 27.1. The standard InChI is InChI=1S/C32H66O4S/c1-3-5-7-9-11-13-15-17-18-19-20-22-24-26-28-30-32-36-37(33,34)35-31-29-27-25-23-21-16-14-12-10-8-6-4-2/h3-32H2,1-2H3. The predicted octanol–water partition coefficient (Wildman–Crippen LogP) is 11.2. The van der Waals surface area contributed by atoms with Gasteiger partial charge in [-0.2, -0.15) is 8.42 Å². The summed E-state index contributed by atoms with van der Waals surface area (Å²) in [6.07, 6.45) is 36.0. The van der Waals surface area contributed by atoms with E-state index in [1.807, 2.05) is 0 Å². The van der Waals surface area contributed by atoms with Crippen LogP contribution in [0.25, 0.3) is 0 Å². The minimum Gasteiger partial charge on any atom is -0.248 e. The van der Waals surface area contributed by atoms with Crippen molar-refractivity contribution in [1.82, 2.24) is 0 Å². The molecule has 0 aromatic rings. The molecule has 0 aliphatic heterocycles. The van der Waals surface area contributed by atoms with Crippen LogP contribution in [0.4, 0.5) is 0 Å². The van der Waals surface area contributed by atoms with Crippen molar-refractivity contribution in [2.75, 3.05) is 13.2 Å². The molecule has 0 saturated heterocycles. The van der Waals surface area contributed by atoms with E-state index in [2.05, 4.69) is 13.8 Å². The first-order valence-corrected chi connectivity index (χ1v) is 18.0. The van der Waals surface area contributed by atoms with Gasteiger partial charge in [0, 0.05) is 0 Å². The summed E-state index contributed by atoms with van der Waals surface area (Å²) in [6, 6.07) is 0. The van der Waals surface area contributed by atoms with Crippen LogP contribution in [0.15, 0.2) is 0 Å². The molecule has 0 amide bonds. The molecule has 0 aliphatic rings. The molecule has 37 heavy (non-hydrogen) atoms. The lowest BCUT2D eigenvalue weighted by Crippen LogP contribution is -2.12. The van der Waals surface area contributed by atoms with Crippen LogP contribution in [-0.4, -0.2) is 21.6 Å². The number of hydrogen-bond acceptors (Lipinski definition) is 4. The third-order valence-corrected chi connectivity index (χ3v) is 8.36. The molecule has 0 unspecified atom stereocenters. The topological polar surface area (TPSA) is 52.6 Å². The third kappa shape index (κ3) is 32.0. The second-order valence-electron chi connectivity index (χ2n) is 11.2. The Kier molecular flexibility index (Phi) is 30.3.